The van der Waals surface area contributed by atoms with Crippen LogP contribution in [0.5, 0.6) is 0 Å². The van der Waals surface area contributed by atoms with Crippen molar-refractivity contribution < 1.29 is 4.79 Å². The molecule has 2 rings (SSSR count). The molecule has 0 bridgehead atoms. The van der Waals surface area contributed by atoms with Crippen molar-refractivity contribution in [3.05, 3.63) is 46.5 Å². The van der Waals surface area contributed by atoms with Gasteiger partial charge in [0.25, 0.3) is 0 Å². The Kier molecular flexibility index (Phi) is 3.68. The third kappa shape index (κ3) is 2.61. The second-order valence-corrected chi connectivity index (χ2v) is 4.43. The molecule has 0 aliphatic rings. The number of nitrogens with zero attached hydrogens (tertiary/aromatic N) is 3. The highest BCUT2D eigenvalue weighted by Crippen LogP contribution is 2.17. The maximum absolute atomic E-state index is 12.1. The zero-order chi connectivity index (χ0) is 12.3. The maximum atomic E-state index is 12.1. The van der Waals surface area contributed by atoms with E-state index in [2.05, 4.69) is 26.0 Å². The molecule has 17 heavy (non-hydrogen) atoms. The Bertz CT molecular complexity index is 536. The Morgan fingerprint density at radius 1 is 1.41 bits per heavy atom. The van der Waals surface area contributed by atoms with Crippen LogP contribution in [0.15, 0.2) is 35.1 Å². The van der Waals surface area contributed by atoms with E-state index in [1.165, 1.54) is 6.33 Å². The lowest BCUT2D eigenvalue weighted by atomic mass is 10.1. The van der Waals surface area contributed by atoms with Gasteiger partial charge in [-0.05, 0) is 13.0 Å². The molecule has 0 saturated heterocycles. The first kappa shape index (κ1) is 12.0. The van der Waals surface area contributed by atoms with Crippen molar-refractivity contribution >= 4 is 21.7 Å². The third-order valence-electron chi connectivity index (χ3n) is 2.49. The molecule has 4 nitrogen and oxygen atoms in total. The Hall–Kier alpha value is -1.49. The van der Waals surface area contributed by atoms with Crippen LogP contribution in [0.2, 0.25) is 0 Å². The number of ketones is 1. The van der Waals surface area contributed by atoms with Gasteiger partial charge < -0.3 is 0 Å². The van der Waals surface area contributed by atoms with Crippen molar-refractivity contribution in [1.29, 1.82) is 0 Å². The average Bonchev–Trinajstić information content (AvgIpc) is 2.76. The van der Waals surface area contributed by atoms with Crippen LogP contribution in [0.4, 0.5) is 0 Å². The molecule has 2 aromatic rings. The summed E-state index contributed by atoms with van der Waals surface area (Å²) >= 11 is 3.37. The first-order valence-corrected chi connectivity index (χ1v) is 6.16. The normalized spacial score (nSPS) is 10.5. The first-order chi connectivity index (χ1) is 8.22. The van der Waals surface area contributed by atoms with E-state index in [4.69, 9.17) is 0 Å². The van der Waals surface area contributed by atoms with Gasteiger partial charge in [-0.15, -0.1) is 0 Å². The summed E-state index contributed by atoms with van der Waals surface area (Å²) in [6.45, 7) is 2.69. The SMILES string of the molecule is CCn1ncnc1CC(=O)c1ccccc1Br. The molecule has 5 heteroatoms. The van der Waals surface area contributed by atoms with Gasteiger partial charge in [-0.25, -0.2) is 9.67 Å². The minimum Gasteiger partial charge on any atom is -0.294 e. The summed E-state index contributed by atoms with van der Waals surface area (Å²) in [5, 5.41) is 4.05. The smallest absolute Gasteiger partial charge is 0.171 e. The quantitative estimate of drug-likeness (QED) is 0.814. The molecule has 0 unspecified atom stereocenters. The lowest BCUT2D eigenvalue weighted by molar-refractivity contribution is 0.0988. The van der Waals surface area contributed by atoms with Gasteiger partial charge >= 0.3 is 0 Å². The van der Waals surface area contributed by atoms with Gasteiger partial charge in [-0.3, -0.25) is 4.79 Å². The van der Waals surface area contributed by atoms with E-state index in [0.29, 0.717) is 11.4 Å². The number of benzene rings is 1. The highest BCUT2D eigenvalue weighted by atomic mass is 79.9. The summed E-state index contributed by atoms with van der Waals surface area (Å²) in [5.41, 5.74) is 0.679. The second kappa shape index (κ2) is 5.23. The molecule has 0 spiro atoms. The number of rotatable bonds is 4. The van der Waals surface area contributed by atoms with Gasteiger partial charge in [-0.2, -0.15) is 5.10 Å². The summed E-state index contributed by atoms with van der Waals surface area (Å²) in [7, 11) is 0. The van der Waals surface area contributed by atoms with Crippen molar-refractivity contribution in [2.24, 2.45) is 0 Å². The zero-order valence-electron chi connectivity index (χ0n) is 9.43. The van der Waals surface area contributed by atoms with Crippen LogP contribution >= 0.6 is 15.9 Å². The number of hydrogen-bond donors (Lipinski definition) is 0. The lowest BCUT2D eigenvalue weighted by Gasteiger charge is -2.04. The molecule has 1 aromatic carbocycles. The van der Waals surface area contributed by atoms with Crippen LogP contribution in [-0.2, 0) is 13.0 Å². The lowest BCUT2D eigenvalue weighted by Crippen LogP contribution is -2.11. The minimum absolute atomic E-state index is 0.0418. The van der Waals surface area contributed by atoms with Crippen LogP contribution in [0.3, 0.4) is 0 Å². The van der Waals surface area contributed by atoms with E-state index in [1.807, 2.05) is 25.1 Å². The largest absolute Gasteiger partial charge is 0.294 e. The topological polar surface area (TPSA) is 47.8 Å². The second-order valence-electron chi connectivity index (χ2n) is 3.57. The zero-order valence-corrected chi connectivity index (χ0v) is 11.0. The number of aryl methyl sites for hydroxylation is 1. The van der Waals surface area contributed by atoms with Crippen LogP contribution in [-0.4, -0.2) is 20.5 Å². The van der Waals surface area contributed by atoms with E-state index >= 15 is 0 Å². The van der Waals surface area contributed by atoms with Crippen LogP contribution in [0, 0.1) is 0 Å². The third-order valence-corrected chi connectivity index (χ3v) is 3.18. The van der Waals surface area contributed by atoms with Crippen LogP contribution < -0.4 is 0 Å². The molecule has 0 fully saturated rings. The summed E-state index contributed by atoms with van der Waals surface area (Å²) in [6, 6.07) is 7.40. The van der Waals surface area contributed by atoms with Crippen molar-refractivity contribution in [3.8, 4) is 0 Å². The highest BCUT2D eigenvalue weighted by molar-refractivity contribution is 9.10. The number of aromatic nitrogens is 3. The Labute approximate surface area is 108 Å². The van der Waals surface area contributed by atoms with Gasteiger partial charge in [0.1, 0.15) is 12.2 Å². The molecule has 0 aliphatic heterocycles. The van der Waals surface area contributed by atoms with Crippen molar-refractivity contribution in [3.63, 3.8) is 0 Å². The predicted octanol–water partition coefficient (Wildman–Crippen LogP) is 2.49. The van der Waals surface area contributed by atoms with Gasteiger partial charge in [0.15, 0.2) is 5.78 Å². The summed E-state index contributed by atoms with van der Waals surface area (Å²) in [5.74, 6) is 0.744. The Morgan fingerprint density at radius 3 is 2.88 bits per heavy atom. The molecular weight excluding hydrogens is 282 g/mol. The Balaban J connectivity index is 2.20. The standard InChI is InChI=1S/C12H12BrN3O/c1-2-16-12(14-8-15-16)7-11(17)9-5-3-4-6-10(9)13/h3-6,8H,2,7H2,1H3. The molecule has 0 atom stereocenters. The van der Waals surface area contributed by atoms with E-state index in [0.717, 1.165) is 11.0 Å². The van der Waals surface area contributed by atoms with Gasteiger partial charge in [0, 0.05) is 16.6 Å². The van der Waals surface area contributed by atoms with Crippen molar-refractivity contribution in [2.45, 2.75) is 19.9 Å². The number of Topliss-reactive ketones (excluding diaryl/α,β-unsaturated/α-hetero) is 1. The number of hydrogen-bond acceptors (Lipinski definition) is 3. The predicted molar refractivity (Wildman–Crippen MR) is 67.9 cm³/mol. The summed E-state index contributed by atoms with van der Waals surface area (Å²) < 4.78 is 2.54. The average molecular weight is 294 g/mol. The van der Waals surface area contributed by atoms with Crippen molar-refractivity contribution in [2.75, 3.05) is 0 Å². The Morgan fingerprint density at radius 2 is 2.18 bits per heavy atom. The highest BCUT2D eigenvalue weighted by Gasteiger charge is 2.13. The van der Waals surface area contributed by atoms with Gasteiger partial charge in [-0.1, -0.05) is 34.1 Å². The van der Waals surface area contributed by atoms with E-state index in [1.54, 1.807) is 10.7 Å². The van der Waals surface area contributed by atoms with E-state index in [-0.39, 0.29) is 12.2 Å². The molecular formula is C12H12BrN3O. The molecule has 1 aromatic heterocycles. The monoisotopic (exact) mass is 293 g/mol. The van der Waals surface area contributed by atoms with E-state index in [9.17, 15) is 4.79 Å². The van der Waals surface area contributed by atoms with E-state index < -0.39 is 0 Å². The number of carbonyl (C=O) groups excluding carboxylic acids is 1. The molecule has 0 aliphatic carbocycles. The first-order valence-electron chi connectivity index (χ1n) is 5.36. The summed E-state index contributed by atoms with van der Waals surface area (Å²) in [4.78, 5) is 16.2. The molecule has 88 valence electrons. The maximum Gasteiger partial charge on any atom is 0.171 e. The van der Waals surface area contributed by atoms with Crippen LogP contribution in [0.25, 0.3) is 0 Å². The van der Waals surface area contributed by atoms with Gasteiger partial charge in [0.2, 0.25) is 0 Å². The number of halogens is 1. The van der Waals surface area contributed by atoms with Gasteiger partial charge in [0.05, 0.1) is 6.42 Å². The molecule has 0 saturated carbocycles. The number of carbonyl (C=O) groups is 1. The van der Waals surface area contributed by atoms with Crippen molar-refractivity contribution in [1.82, 2.24) is 14.8 Å². The van der Waals surface area contributed by atoms with Crippen LogP contribution in [0.1, 0.15) is 23.1 Å². The molecule has 0 amide bonds. The molecule has 0 N–H and O–H groups in total. The molecule has 0 radical (unpaired) electrons. The fourth-order valence-electron chi connectivity index (χ4n) is 1.62. The fraction of sp³-hybridized carbons (Fsp3) is 0.250. The molecule has 1 heterocycles. The summed E-state index contributed by atoms with van der Waals surface area (Å²) in [6.07, 6.45) is 1.75. The fourth-order valence-corrected chi connectivity index (χ4v) is 2.12. The minimum atomic E-state index is 0.0418.